The molecule has 0 aromatic carbocycles. The molecule has 1 heterocycles. The van der Waals surface area contributed by atoms with E-state index in [2.05, 4.69) is 24.1 Å². The molecule has 0 amide bonds. The fraction of sp³-hybridized carbons (Fsp3) is 0.750. The number of hydrogen-bond donors (Lipinski definition) is 2. The Morgan fingerprint density at radius 1 is 1.38 bits per heavy atom. The van der Waals surface area contributed by atoms with Gasteiger partial charge < -0.3 is 10.4 Å². The van der Waals surface area contributed by atoms with Crippen LogP contribution in [0.25, 0.3) is 0 Å². The van der Waals surface area contributed by atoms with Crippen molar-refractivity contribution in [3.63, 3.8) is 0 Å². The Kier molecular flexibility index (Phi) is 5.38. The van der Waals surface area contributed by atoms with Crippen molar-refractivity contribution in [2.45, 2.75) is 52.7 Å². The van der Waals surface area contributed by atoms with Crippen LogP contribution in [0.3, 0.4) is 0 Å². The van der Waals surface area contributed by atoms with Crippen molar-refractivity contribution in [3.05, 3.63) is 15.6 Å². The Morgan fingerprint density at radius 3 is 2.56 bits per heavy atom. The predicted molar refractivity (Wildman–Crippen MR) is 68.9 cm³/mol. The predicted octanol–water partition coefficient (Wildman–Crippen LogP) is 2.57. The van der Waals surface area contributed by atoms with Gasteiger partial charge in [0, 0.05) is 10.9 Å². The molecule has 2 N–H and O–H groups in total. The highest BCUT2D eigenvalue weighted by Crippen LogP contribution is 2.24. The van der Waals surface area contributed by atoms with Gasteiger partial charge >= 0.3 is 0 Å². The van der Waals surface area contributed by atoms with E-state index >= 15 is 0 Å². The minimum Gasteiger partial charge on any atom is -0.393 e. The van der Waals surface area contributed by atoms with Crippen LogP contribution in [0, 0.1) is 13.8 Å². The van der Waals surface area contributed by atoms with Crippen LogP contribution in [0.2, 0.25) is 0 Å². The molecule has 0 fully saturated rings. The topological polar surface area (TPSA) is 45.2 Å². The van der Waals surface area contributed by atoms with E-state index in [0.717, 1.165) is 30.1 Å². The maximum absolute atomic E-state index is 9.15. The van der Waals surface area contributed by atoms with Crippen molar-refractivity contribution in [1.82, 2.24) is 10.3 Å². The van der Waals surface area contributed by atoms with Gasteiger partial charge in [-0.3, -0.25) is 0 Å². The molecular weight excluding hydrogens is 220 g/mol. The third kappa shape index (κ3) is 4.20. The van der Waals surface area contributed by atoms with E-state index < -0.39 is 0 Å². The molecule has 92 valence electrons. The summed E-state index contributed by atoms with van der Waals surface area (Å²) in [6, 6.07) is 0.361. The van der Waals surface area contributed by atoms with Gasteiger partial charge in [0.05, 0.1) is 16.8 Å². The average molecular weight is 242 g/mol. The van der Waals surface area contributed by atoms with Crippen LogP contribution in [0.4, 0.5) is 0 Å². The molecule has 1 aromatic rings. The average Bonchev–Trinajstić information content (AvgIpc) is 2.52. The van der Waals surface area contributed by atoms with Gasteiger partial charge in [-0.25, -0.2) is 4.98 Å². The zero-order valence-corrected chi connectivity index (χ0v) is 11.4. The molecule has 0 spiro atoms. The molecule has 1 aromatic heterocycles. The summed E-state index contributed by atoms with van der Waals surface area (Å²) in [4.78, 5) is 5.76. The number of aryl methyl sites for hydroxylation is 2. The second-order valence-corrected chi connectivity index (χ2v) is 5.58. The molecule has 2 unspecified atom stereocenters. The van der Waals surface area contributed by atoms with E-state index in [0.29, 0.717) is 6.04 Å². The maximum Gasteiger partial charge on any atom is 0.0900 e. The van der Waals surface area contributed by atoms with Crippen molar-refractivity contribution < 1.29 is 5.11 Å². The summed E-state index contributed by atoms with van der Waals surface area (Å²) in [5.74, 6) is 0. The molecular formula is C12H22N2OS. The number of nitrogens with one attached hydrogen (secondary N) is 1. The largest absolute Gasteiger partial charge is 0.393 e. The number of nitrogens with zero attached hydrogens (tertiary/aromatic N) is 1. The molecule has 0 bridgehead atoms. The monoisotopic (exact) mass is 242 g/mol. The van der Waals surface area contributed by atoms with E-state index in [4.69, 9.17) is 5.11 Å². The van der Waals surface area contributed by atoms with Gasteiger partial charge in [-0.1, -0.05) is 0 Å². The van der Waals surface area contributed by atoms with Gasteiger partial charge in [0.2, 0.25) is 0 Å². The third-order valence-corrected chi connectivity index (χ3v) is 3.84. The summed E-state index contributed by atoms with van der Waals surface area (Å²) < 4.78 is 0. The number of aliphatic hydroxyl groups is 1. The van der Waals surface area contributed by atoms with Crippen LogP contribution in [0.1, 0.15) is 48.3 Å². The lowest BCUT2D eigenvalue weighted by Crippen LogP contribution is -2.20. The van der Waals surface area contributed by atoms with E-state index in [1.807, 2.05) is 13.8 Å². The fourth-order valence-electron chi connectivity index (χ4n) is 1.76. The number of rotatable bonds is 6. The standard InChI is InChI=1S/C12H22N2OS/c1-8(15)6-5-7-13-9(2)12-10(3)14-11(4)16-12/h8-9,13,15H,5-7H2,1-4H3. The molecule has 16 heavy (non-hydrogen) atoms. The zero-order chi connectivity index (χ0) is 12.1. The molecule has 2 atom stereocenters. The summed E-state index contributed by atoms with van der Waals surface area (Å²) in [6.45, 7) is 9.05. The summed E-state index contributed by atoms with van der Waals surface area (Å²) in [7, 11) is 0. The molecule has 0 aliphatic rings. The van der Waals surface area contributed by atoms with Crippen LogP contribution >= 0.6 is 11.3 Å². The molecule has 0 radical (unpaired) electrons. The number of hydrogen-bond acceptors (Lipinski definition) is 4. The van der Waals surface area contributed by atoms with E-state index in [1.165, 1.54) is 4.88 Å². The minimum absolute atomic E-state index is 0.190. The van der Waals surface area contributed by atoms with Gasteiger partial charge in [-0.2, -0.15) is 0 Å². The lowest BCUT2D eigenvalue weighted by Gasteiger charge is -2.13. The van der Waals surface area contributed by atoms with Crippen LogP contribution in [-0.4, -0.2) is 22.7 Å². The summed E-state index contributed by atoms with van der Waals surface area (Å²) >= 11 is 1.76. The third-order valence-electron chi connectivity index (χ3n) is 2.58. The maximum atomic E-state index is 9.15. The normalized spacial score (nSPS) is 15.1. The smallest absolute Gasteiger partial charge is 0.0900 e. The Labute approximate surface area is 102 Å². The lowest BCUT2D eigenvalue weighted by molar-refractivity contribution is 0.181. The Hall–Kier alpha value is -0.450. The van der Waals surface area contributed by atoms with Crippen molar-refractivity contribution in [3.8, 4) is 0 Å². The quantitative estimate of drug-likeness (QED) is 0.754. The summed E-state index contributed by atoms with van der Waals surface area (Å²) in [5.41, 5.74) is 1.14. The first-order valence-electron chi connectivity index (χ1n) is 5.86. The van der Waals surface area contributed by atoms with E-state index in [-0.39, 0.29) is 6.10 Å². The van der Waals surface area contributed by atoms with E-state index in [1.54, 1.807) is 11.3 Å². The van der Waals surface area contributed by atoms with Gasteiger partial charge in [0.15, 0.2) is 0 Å². The van der Waals surface area contributed by atoms with Crippen molar-refractivity contribution in [2.24, 2.45) is 0 Å². The summed E-state index contributed by atoms with van der Waals surface area (Å²) in [5, 5.41) is 13.7. The van der Waals surface area contributed by atoms with Crippen molar-refractivity contribution in [1.29, 1.82) is 0 Å². The van der Waals surface area contributed by atoms with Gasteiger partial charge in [-0.05, 0) is 47.1 Å². The highest BCUT2D eigenvalue weighted by Gasteiger charge is 2.11. The Balaban J connectivity index is 2.35. The molecule has 0 saturated carbocycles. The van der Waals surface area contributed by atoms with Gasteiger partial charge in [0.25, 0.3) is 0 Å². The Morgan fingerprint density at radius 2 is 2.06 bits per heavy atom. The lowest BCUT2D eigenvalue weighted by atomic mass is 10.2. The number of thiazole rings is 1. The SMILES string of the molecule is Cc1nc(C)c(C(C)NCCCC(C)O)s1. The van der Waals surface area contributed by atoms with Crippen molar-refractivity contribution >= 4 is 11.3 Å². The second-order valence-electron chi connectivity index (χ2n) is 4.35. The first-order chi connectivity index (χ1) is 7.50. The van der Waals surface area contributed by atoms with Gasteiger partial charge in [-0.15, -0.1) is 11.3 Å². The first-order valence-corrected chi connectivity index (χ1v) is 6.67. The Bertz CT molecular complexity index is 323. The molecule has 0 aliphatic carbocycles. The van der Waals surface area contributed by atoms with Crippen molar-refractivity contribution in [2.75, 3.05) is 6.54 Å². The minimum atomic E-state index is -0.190. The highest BCUT2D eigenvalue weighted by molar-refractivity contribution is 7.11. The molecule has 0 aliphatic heterocycles. The fourth-order valence-corrected chi connectivity index (χ4v) is 2.71. The molecule has 0 saturated heterocycles. The zero-order valence-electron chi connectivity index (χ0n) is 10.6. The summed E-state index contributed by atoms with van der Waals surface area (Å²) in [6.07, 6.45) is 1.68. The van der Waals surface area contributed by atoms with Crippen LogP contribution in [0.5, 0.6) is 0 Å². The molecule has 1 rings (SSSR count). The second kappa shape index (κ2) is 6.33. The number of aromatic nitrogens is 1. The number of aliphatic hydroxyl groups excluding tert-OH is 1. The highest BCUT2D eigenvalue weighted by atomic mass is 32.1. The van der Waals surface area contributed by atoms with E-state index in [9.17, 15) is 0 Å². The van der Waals surface area contributed by atoms with Crippen LogP contribution in [-0.2, 0) is 0 Å². The van der Waals surface area contributed by atoms with Crippen LogP contribution in [0.15, 0.2) is 0 Å². The molecule has 4 heteroatoms. The molecule has 3 nitrogen and oxygen atoms in total. The first kappa shape index (κ1) is 13.6. The van der Waals surface area contributed by atoms with Gasteiger partial charge in [0.1, 0.15) is 0 Å². The van der Waals surface area contributed by atoms with Crippen LogP contribution < -0.4 is 5.32 Å².